The normalized spacial score (nSPS) is 11.0. The van der Waals surface area contributed by atoms with Crippen LogP contribution in [0.4, 0.5) is 0 Å². The number of rotatable bonds is 4. The van der Waals surface area contributed by atoms with Crippen LogP contribution in [0, 0.1) is 6.92 Å². The van der Waals surface area contributed by atoms with E-state index < -0.39 is 0 Å². The summed E-state index contributed by atoms with van der Waals surface area (Å²) in [7, 11) is 0. The van der Waals surface area contributed by atoms with E-state index in [9.17, 15) is 4.79 Å². The number of nitrogen functional groups attached to an aromatic ring is 1. The first-order valence-electron chi connectivity index (χ1n) is 5.74. The van der Waals surface area contributed by atoms with Gasteiger partial charge in [-0.2, -0.15) is 4.68 Å². The van der Waals surface area contributed by atoms with E-state index in [0.717, 1.165) is 10.2 Å². The molecule has 0 atom stereocenters. The molecule has 0 aliphatic heterocycles. The topological polar surface area (TPSA) is 73.8 Å². The van der Waals surface area contributed by atoms with Crippen molar-refractivity contribution in [3.63, 3.8) is 0 Å². The summed E-state index contributed by atoms with van der Waals surface area (Å²) in [5.41, 5.74) is 1.11. The standard InChI is InChI=1S/C13H14N4OS/c1-10-12(18)17(14)13(16-15-10)19-9-5-8-11-6-3-2-4-7-11/h2-8H,9,14H2,1H3. The van der Waals surface area contributed by atoms with E-state index in [1.807, 2.05) is 42.5 Å². The predicted octanol–water partition coefficient (Wildman–Crippen LogP) is 1.47. The molecule has 0 saturated carbocycles. The number of hydrogen-bond donors (Lipinski definition) is 1. The first-order chi connectivity index (χ1) is 9.18. The van der Waals surface area contributed by atoms with Gasteiger partial charge >= 0.3 is 0 Å². The molecule has 0 unspecified atom stereocenters. The maximum atomic E-state index is 11.5. The lowest BCUT2D eigenvalue weighted by Crippen LogP contribution is -2.32. The van der Waals surface area contributed by atoms with Crippen LogP contribution in [-0.4, -0.2) is 20.6 Å². The SMILES string of the molecule is Cc1nnc(SCC=Cc2ccccc2)n(N)c1=O. The van der Waals surface area contributed by atoms with Gasteiger partial charge in [0.25, 0.3) is 5.56 Å². The molecule has 6 heteroatoms. The number of nitrogens with two attached hydrogens (primary N) is 1. The zero-order valence-electron chi connectivity index (χ0n) is 10.5. The van der Waals surface area contributed by atoms with Gasteiger partial charge in [0.05, 0.1) is 0 Å². The second kappa shape index (κ2) is 6.19. The summed E-state index contributed by atoms with van der Waals surface area (Å²) < 4.78 is 1.03. The van der Waals surface area contributed by atoms with E-state index in [-0.39, 0.29) is 5.56 Å². The zero-order valence-corrected chi connectivity index (χ0v) is 11.3. The van der Waals surface area contributed by atoms with Gasteiger partial charge in [-0.1, -0.05) is 54.2 Å². The molecular weight excluding hydrogens is 260 g/mol. The van der Waals surface area contributed by atoms with Crippen LogP contribution in [0.25, 0.3) is 6.08 Å². The van der Waals surface area contributed by atoms with Gasteiger partial charge in [0, 0.05) is 5.75 Å². The molecule has 0 bridgehead atoms. The van der Waals surface area contributed by atoms with Crippen LogP contribution < -0.4 is 11.4 Å². The fraction of sp³-hybridized carbons (Fsp3) is 0.154. The van der Waals surface area contributed by atoms with Crippen molar-refractivity contribution >= 4 is 17.8 Å². The molecule has 1 aromatic heterocycles. The third-order valence-electron chi connectivity index (χ3n) is 2.44. The quantitative estimate of drug-likeness (QED) is 0.675. The molecule has 5 nitrogen and oxygen atoms in total. The summed E-state index contributed by atoms with van der Waals surface area (Å²) >= 11 is 1.37. The molecular formula is C13H14N4OS. The third-order valence-corrected chi connectivity index (χ3v) is 3.33. The highest BCUT2D eigenvalue weighted by Gasteiger charge is 2.05. The first-order valence-corrected chi connectivity index (χ1v) is 6.73. The lowest BCUT2D eigenvalue weighted by Gasteiger charge is -2.03. The predicted molar refractivity (Wildman–Crippen MR) is 77.4 cm³/mol. The lowest BCUT2D eigenvalue weighted by molar-refractivity contribution is 0.682. The van der Waals surface area contributed by atoms with Crippen molar-refractivity contribution < 1.29 is 0 Å². The molecule has 0 aliphatic rings. The molecule has 98 valence electrons. The molecule has 2 rings (SSSR count). The van der Waals surface area contributed by atoms with E-state index in [0.29, 0.717) is 16.6 Å². The second-order valence-electron chi connectivity index (χ2n) is 3.87. The van der Waals surface area contributed by atoms with E-state index in [1.54, 1.807) is 6.92 Å². The van der Waals surface area contributed by atoms with Gasteiger partial charge in [-0.3, -0.25) is 4.79 Å². The van der Waals surface area contributed by atoms with Gasteiger partial charge in [-0.05, 0) is 12.5 Å². The van der Waals surface area contributed by atoms with Crippen molar-refractivity contribution in [2.75, 3.05) is 11.6 Å². The number of benzene rings is 1. The summed E-state index contributed by atoms with van der Waals surface area (Å²) in [5, 5.41) is 8.08. The maximum absolute atomic E-state index is 11.5. The molecule has 0 aliphatic carbocycles. The summed E-state index contributed by atoms with van der Waals surface area (Å²) in [6.45, 7) is 1.59. The molecule has 0 fully saturated rings. The number of hydrogen-bond acceptors (Lipinski definition) is 5. The molecule has 19 heavy (non-hydrogen) atoms. The molecule has 0 radical (unpaired) electrons. The first kappa shape index (κ1) is 13.4. The Kier molecular flexibility index (Phi) is 4.35. The van der Waals surface area contributed by atoms with E-state index in [4.69, 9.17) is 5.84 Å². The molecule has 2 N–H and O–H groups in total. The van der Waals surface area contributed by atoms with Crippen LogP contribution >= 0.6 is 11.8 Å². The van der Waals surface area contributed by atoms with Crippen LogP contribution in [-0.2, 0) is 0 Å². The van der Waals surface area contributed by atoms with Crippen molar-refractivity contribution in [2.45, 2.75) is 12.1 Å². The Balaban J connectivity index is 1.99. The Morgan fingerprint density at radius 3 is 2.79 bits per heavy atom. The molecule has 1 heterocycles. The highest BCUT2D eigenvalue weighted by molar-refractivity contribution is 7.99. The highest BCUT2D eigenvalue weighted by Crippen LogP contribution is 2.12. The van der Waals surface area contributed by atoms with E-state index >= 15 is 0 Å². The Hall–Kier alpha value is -2.08. The minimum Gasteiger partial charge on any atom is -0.334 e. The maximum Gasteiger partial charge on any atom is 0.294 e. The van der Waals surface area contributed by atoms with Gasteiger partial charge in [0.15, 0.2) is 0 Å². The minimum absolute atomic E-state index is 0.298. The second-order valence-corrected chi connectivity index (χ2v) is 4.85. The summed E-state index contributed by atoms with van der Waals surface area (Å²) in [4.78, 5) is 11.5. The van der Waals surface area contributed by atoms with Crippen molar-refractivity contribution in [3.8, 4) is 0 Å². The number of aryl methyl sites for hydroxylation is 1. The Morgan fingerprint density at radius 2 is 2.05 bits per heavy atom. The van der Waals surface area contributed by atoms with Crippen LogP contribution in [0.1, 0.15) is 11.3 Å². The van der Waals surface area contributed by atoms with Gasteiger partial charge in [-0.15, -0.1) is 10.2 Å². The van der Waals surface area contributed by atoms with Crippen molar-refractivity contribution in [1.82, 2.24) is 14.9 Å². The van der Waals surface area contributed by atoms with Crippen molar-refractivity contribution in [1.29, 1.82) is 0 Å². The molecule has 0 amide bonds. The smallest absolute Gasteiger partial charge is 0.294 e. The Bertz CT molecular complexity index is 637. The van der Waals surface area contributed by atoms with E-state index in [1.165, 1.54) is 11.8 Å². The van der Waals surface area contributed by atoms with E-state index in [2.05, 4.69) is 10.2 Å². The number of nitrogens with zero attached hydrogens (tertiary/aromatic N) is 3. The minimum atomic E-state index is -0.315. The third kappa shape index (κ3) is 3.45. The van der Waals surface area contributed by atoms with Gasteiger partial charge in [-0.25, -0.2) is 0 Å². The highest BCUT2D eigenvalue weighted by atomic mass is 32.2. The van der Waals surface area contributed by atoms with Gasteiger partial charge in [0.2, 0.25) is 5.16 Å². The average Bonchev–Trinajstić information content (AvgIpc) is 2.44. The fourth-order valence-electron chi connectivity index (χ4n) is 1.44. The average molecular weight is 274 g/mol. The molecule has 0 spiro atoms. The van der Waals surface area contributed by atoms with Crippen LogP contribution in [0.3, 0.4) is 0 Å². The van der Waals surface area contributed by atoms with Crippen LogP contribution in [0.2, 0.25) is 0 Å². The largest absolute Gasteiger partial charge is 0.334 e. The van der Waals surface area contributed by atoms with Crippen LogP contribution in [0.5, 0.6) is 0 Å². The number of aromatic nitrogens is 3. The Morgan fingerprint density at radius 1 is 1.32 bits per heavy atom. The summed E-state index contributed by atoms with van der Waals surface area (Å²) in [6.07, 6.45) is 4.00. The molecule has 0 saturated heterocycles. The van der Waals surface area contributed by atoms with Crippen molar-refractivity contribution in [3.05, 3.63) is 58.0 Å². The van der Waals surface area contributed by atoms with Crippen molar-refractivity contribution in [2.24, 2.45) is 0 Å². The molecule has 1 aromatic carbocycles. The monoisotopic (exact) mass is 274 g/mol. The molecule has 2 aromatic rings. The van der Waals surface area contributed by atoms with Gasteiger partial charge < -0.3 is 5.84 Å². The zero-order chi connectivity index (χ0) is 13.7. The summed E-state index contributed by atoms with van der Waals surface area (Å²) in [6, 6.07) is 9.98. The Labute approximate surface area is 115 Å². The van der Waals surface area contributed by atoms with Crippen LogP contribution in [0.15, 0.2) is 46.4 Å². The number of thioether (sulfide) groups is 1. The summed E-state index contributed by atoms with van der Waals surface area (Å²) in [5.74, 6) is 6.30. The van der Waals surface area contributed by atoms with Gasteiger partial charge in [0.1, 0.15) is 5.69 Å². The lowest BCUT2D eigenvalue weighted by atomic mass is 10.2. The fourth-order valence-corrected chi connectivity index (χ4v) is 2.10.